The highest BCUT2D eigenvalue weighted by Gasteiger charge is 2.26. The van der Waals surface area contributed by atoms with Gasteiger partial charge in [0.25, 0.3) is 5.91 Å². The largest absolute Gasteiger partial charge is 0.395 e. The van der Waals surface area contributed by atoms with Gasteiger partial charge in [-0.15, -0.1) is 0 Å². The van der Waals surface area contributed by atoms with Crippen molar-refractivity contribution in [2.45, 2.75) is 31.3 Å². The average molecular weight is 386 g/mol. The zero-order chi connectivity index (χ0) is 19.6. The molecule has 27 heavy (non-hydrogen) atoms. The second kappa shape index (κ2) is 7.96. The van der Waals surface area contributed by atoms with E-state index < -0.39 is 5.82 Å². The van der Waals surface area contributed by atoms with E-state index in [1.807, 2.05) is 30.6 Å². The van der Waals surface area contributed by atoms with Gasteiger partial charge in [-0.3, -0.25) is 9.52 Å². The van der Waals surface area contributed by atoms with Crippen LogP contribution in [0, 0.1) is 24.1 Å². The number of carbonyl (C=O) groups is 1. The fraction of sp³-hybridized carbons (Fsp3) is 0.263. The molecule has 6 nitrogen and oxygen atoms in total. The van der Waals surface area contributed by atoms with Crippen LogP contribution in [0.3, 0.4) is 0 Å². The predicted molar refractivity (Wildman–Crippen MR) is 103 cm³/mol. The lowest BCUT2D eigenvalue weighted by Crippen LogP contribution is -2.22. The van der Waals surface area contributed by atoms with E-state index in [0.717, 1.165) is 22.2 Å². The number of aromatic nitrogens is 1. The number of nitrogens with one attached hydrogen (secondary N) is 2. The normalized spacial score (nSPS) is 13.3. The number of rotatable bonds is 6. The Kier molecular flexibility index (Phi) is 5.65. The molecular weight excluding hydrogens is 367 g/mol. The summed E-state index contributed by atoms with van der Waals surface area (Å²) < 4.78 is 18.5. The number of aliphatic hydroxyl groups excluding tert-OH is 1. The van der Waals surface area contributed by atoms with Crippen molar-refractivity contribution in [2.24, 2.45) is 0 Å². The molecule has 1 aliphatic heterocycles. The van der Waals surface area contributed by atoms with Crippen molar-refractivity contribution >= 4 is 29.6 Å². The minimum absolute atomic E-state index is 0.0110. The van der Waals surface area contributed by atoms with Gasteiger partial charge < -0.3 is 15.0 Å². The molecule has 1 unspecified atom stereocenters. The summed E-state index contributed by atoms with van der Waals surface area (Å²) >= 11 is 1.38. The van der Waals surface area contributed by atoms with Gasteiger partial charge in [-0.25, -0.2) is 4.39 Å². The van der Waals surface area contributed by atoms with E-state index >= 15 is 0 Å². The topological polar surface area (TPSA) is 90.1 Å². The first-order valence-corrected chi connectivity index (χ1v) is 9.21. The summed E-state index contributed by atoms with van der Waals surface area (Å²) in [5, 5.41) is 20.9. The molecule has 8 heteroatoms. The third-order valence-corrected chi connectivity index (χ3v) is 5.49. The van der Waals surface area contributed by atoms with Crippen LogP contribution in [-0.4, -0.2) is 28.2 Å². The van der Waals surface area contributed by atoms with Crippen LogP contribution in [0.15, 0.2) is 29.2 Å². The highest BCUT2D eigenvalue weighted by molar-refractivity contribution is 7.97. The van der Waals surface area contributed by atoms with E-state index in [1.165, 1.54) is 24.1 Å². The van der Waals surface area contributed by atoms with Crippen molar-refractivity contribution < 1.29 is 14.3 Å². The summed E-state index contributed by atoms with van der Waals surface area (Å²) in [4.78, 5) is 13.8. The molecule has 0 spiro atoms. The number of carbonyl (C=O) groups excluding carboxylic acids is 1. The number of halogens is 1. The number of aliphatic hydroxyl groups is 1. The van der Waals surface area contributed by atoms with Crippen LogP contribution < -0.4 is 10.0 Å². The maximum atomic E-state index is 13.5. The van der Waals surface area contributed by atoms with Crippen molar-refractivity contribution in [1.82, 2.24) is 9.29 Å². The molecule has 0 aliphatic carbocycles. The lowest BCUT2D eigenvalue weighted by Gasteiger charge is -2.10. The minimum Gasteiger partial charge on any atom is -0.395 e. The van der Waals surface area contributed by atoms with Crippen LogP contribution in [0.2, 0.25) is 0 Å². The lowest BCUT2D eigenvalue weighted by atomic mass is 10.2. The van der Waals surface area contributed by atoms with E-state index in [9.17, 15) is 14.3 Å². The third kappa shape index (κ3) is 3.76. The number of anilines is 1. The molecular formula is C19H19FN4O2S. The smallest absolute Gasteiger partial charge is 0.272 e. The first-order valence-electron chi connectivity index (χ1n) is 8.40. The van der Waals surface area contributed by atoms with Crippen molar-refractivity contribution in [1.29, 1.82) is 5.26 Å². The van der Waals surface area contributed by atoms with Gasteiger partial charge in [0.2, 0.25) is 0 Å². The van der Waals surface area contributed by atoms with Gasteiger partial charge in [0.05, 0.1) is 22.8 Å². The van der Waals surface area contributed by atoms with Gasteiger partial charge in [0, 0.05) is 18.3 Å². The van der Waals surface area contributed by atoms with Crippen LogP contribution in [0.4, 0.5) is 10.1 Å². The van der Waals surface area contributed by atoms with Gasteiger partial charge >= 0.3 is 0 Å². The van der Waals surface area contributed by atoms with Crippen LogP contribution >= 0.6 is 11.9 Å². The molecule has 0 saturated heterocycles. The van der Waals surface area contributed by atoms with E-state index in [0.29, 0.717) is 17.9 Å². The predicted octanol–water partition coefficient (Wildman–Crippen LogP) is 3.06. The molecule has 1 aromatic carbocycles. The van der Waals surface area contributed by atoms with Crippen LogP contribution in [0.5, 0.6) is 0 Å². The Morgan fingerprint density at radius 3 is 3.00 bits per heavy atom. The zero-order valence-electron chi connectivity index (χ0n) is 14.9. The number of hydrogen-bond acceptors (Lipinski definition) is 5. The summed E-state index contributed by atoms with van der Waals surface area (Å²) in [6.07, 6.45) is 3.93. The van der Waals surface area contributed by atoms with Gasteiger partial charge in [-0.1, -0.05) is 6.08 Å². The summed E-state index contributed by atoms with van der Waals surface area (Å²) in [6, 6.07) is 5.58. The Bertz CT molecular complexity index is 962. The second-order valence-electron chi connectivity index (χ2n) is 6.27. The Labute approximate surface area is 160 Å². The monoisotopic (exact) mass is 386 g/mol. The molecule has 1 aromatic heterocycles. The highest BCUT2D eigenvalue weighted by atomic mass is 32.2. The van der Waals surface area contributed by atoms with E-state index in [4.69, 9.17) is 5.26 Å². The van der Waals surface area contributed by atoms with Gasteiger partial charge in [0.15, 0.2) is 0 Å². The Morgan fingerprint density at radius 1 is 1.52 bits per heavy atom. The number of amides is 1. The van der Waals surface area contributed by atoms with Crippen LogP contribution in [0.1, 0.15) is 34.2 Å². The quantitative estimate of drug-likeness (QED) is 0.664. The molecule has 3 rings (SSSR count). The Morgan fingerprint density at radius 2 is 2.30 bits per heavy atom. The molecule has 140 valence electrons. The van der Waals surface area contributed by atoms with Crippen molar-refractivity contribution in [3.8, 4) is 6.07 Å². The van der Waals surface area contributed by atoms with E-state index in [1.54, 1.807) is 6.07 Å². The number of hydrogen-bond donors (Lipinski definition) is 3. The molecule has 0 fully saturated rings. The van der Waals surface area contributed by atoms with Crippen LogP contribution in [0.25, 0.3) is 6.08 Å². The number of nitrogens with zero attached hydrogens (tertiary/aromatic N) is 2. The average Bonchev–Trinajstić information content (AvgIpc) is 3.21. The fourth-order valence-electron chi connectivity index (χ4n) is 2.87. The number of fused-ring (bicyclic) bond motifs is 1. The molecule has 2 heterocycles. The Balaban J connectivity index is 1.89. The van der Waals surface area contributed by atoms with Gasteiger partial charge in [-0.2, -0.15) is 5.26 Å². The second-order valence-corrected chi connectivity index (χ2v) is 7.11. The van der Waals surface area contributed by atoms with E-state index in [-0.39, 0.29) is 24.1 Å². The molecule has 0 saturated carbocycles. The SMILES string of the molecule is Cc1c(SNC(C)CO)c2n(c1C(=O)Nc1ccc(F)c(C#N)c1)CC=C2. The molecule has 1 aliphatic rings. The van der Waals surface area contributed by atoms with Gasteiger partial charge in [-0.05, 0) is 55.6 Å². The summed E-state index contributed by atoms with van der Waals surface area (Å²) in [5.74, 6) is -0.947. The molecule has 1 atom stereocenters. The van der Waals surface area contributed by atoms with Crippen molar-refractivity contribution in [3.63, 3.8) is 0 Å². The third-order valence-electron chi connectivity index (χ3n) is 4.25. The standard InChI is InChI=1S/C19H19FN4O2S/c1-11(10-25)23-27-18-12(2)17(24-7-3-4-16(18)24)19(26)22-14-5-6-15(20)13(8-14)9-21/h3-6,8,11,23,25H,7,10H2,1-2H3,(H,22,26). The molecule has 1 amide bonds. The fourth-order valence-corrected chi connectivity index (χ4v) is 3.79. The molecule has 0 bridgehead atoms. The summed E-state index contributed by atoms with van der Waals surface area (Å²) in [6.45, 7) is 4.33. The minimum atomic E-state index is -0.623. The van der Waals surface area contributed by atoms with Crippen LogP contribution in [-0.2, 0) is 6.54 Å². The van der Waals surface area contributed by atoms with Gasteiger partial charge in [0.1, 0.15) is 17.6 Å². The van der Waals surface area contributed by atoms with Crippen molar-refractivity contribution in [2.75, 3.05) is 11.9 Å². The number of benzene rings is 1. The number of allylic oxidation sites excluding steroid dienone is 1. The first kappa shape index (κ1) is 19.2. The maximum absolute atomic E-state index is 13.5. The maximum Gasteiger partial charge on any atom is 0.272 e. The summed E-state index contributed by atoms with van der Waals surface area (Å²) in [7, 11) is 0. The van der Waals surface area contributed by atoms with E-state index in [2.05, 4.69) is 10.0 Å². The zero-order valence-corrected chi connectivity index (χ0v) is 15.7. The Hall–Kier alpha value is -2.60. The number of nitriles is 1. The molecule has 3 N–H and O–H groups in total. The lowest BCUT2D eigenvalue weighted by molar-refractivity contribution is 0.101. The molecule has 0 radical (unpaired) electrons. The molecule has 2 aromatic rings. The first-order chi connectivity index (χ1) is 13.0. The summed E-state index contributed by atoms with van der Waals surface area (Å²) in [5.41, 5.74) is 2.50. The highest BCUT2D eigenvalue weighted by Crippen LogP contribution is 2.34. The van der Waals surface area contributed by atoms with Crippen molar-refractivity contribution in [3.05, 3.63) is 52.6 Å².